The first-order valence-corrected chi connectivity index (χ1v) is 13.2. The molecule has 0 unspecified atom stereocenters. The lowest BCUT2D eigenvalue weighted by Crippen LogP contribution is -2.29. The van der Waals surface area contributed by atoms with Gasteiger partial charge in [0.2, 0.25) is 11.9 Å². The second kappa shape index (κ2) is 10.2. The van der Waals surface area contributed by atoms with E-state index in [1.807, 2.05) is 6.92 Å². The molecule has 11 heteroatoms. The van der Waals surface area contributed by atoms with Gasteiger partial charge >= 0.3 is 5.97 Å². The smallest absolute Gasteiger partial charge is 0.337 e. The lowest BCUT2D eigenvalue weighted by atomic mass is 9.96. The van der Waals surface area contributed by atoms with E-state index in [1.165, 1.54) is 37.4 Å². The average molecular weight is 547 g/mol. The van der Waals surface area contributed by atoms with E-state index in [-0.39, 0.29) is 27.6 Å². The Morgan fingerprint density at radius 2 is 1.67 bits per heavy atom. The number of methoxy groups -OCH3 is 1. The first-order chi connectivity index (χ1) is 18.3. The van der Waals surface area contributed by atoms with Crippen molar-refractivity contribution in [2.75, 3.05) is 12.4 Å². The van der Waals surface area contributed by atoms with Gasteiger partial charge in [-0.3, -0.25) is 19.9 Å². The second-order valence-corrected chi connectivity index (χ2v) is 11.6. The van der Waals surface area contributed by atoms with Crippen molar-refractivity contribution in [2.24, 2.45) is 5.41 Å². The van der Waals surface area contributed by atoms with Gasteiger partial charge in [-0.05, 0) is 55.3 Å². The predicted octanol–water partition coefficient (Wildman–Crippen LogP) is 3.44. The van der Waals surface area contributed by atoms with Crippen molar-refractivity contribution in [1.82, 2.24) is 13.9 Å². The largest absolute Gasteiger partial charge is 0.465 e. The Hall–Kier alpha value is -4.69. The molecule has 0 saturated heterocycles. The number of H-pyrrole nitrogens is 1. The molecular formula is C28H26N4O6S. The molecule has 2 heterocycles. The van der Waals surface area contributed by atoms with Crippen molar-refractivity contribution in [3.05, 3.63) is 87.3 Å². The van der Waals surface area contributed by atoms with E-state index >= 15 is 0 Å². The number of aromatic nitrogens is 3. The maximum absolute atomic E-state index is 13.8. The molecule has 0 saturated carbocycles. The lowest BCUT2D eigenvalue weighted by Gasteiger charge is -2.17. The van der Waals surface area contributed by atoms with E-state index in [1.54, 1.807) is 45.0 Å². The number of nitrogens with one attached hydrogen (secondary N) is 2. The number of amides is 1. The summed E-state index contributed by atoms with van der Waals surface area (Å²) in [6.07, 6.45) is 0. The summed E-state index contributed by atoms with van der Waals surface area (Å²) in [4.78, 5) is 43.9. The molecular weight excluding hydrogens is 520 g/mol. The third kappa shape index (κ3) is 5.61. The van der Waals surface area contributed by atoms with Gasteiger partial charge in [0, 0.05) is 11.0 Å². The van der Waals surface area contributed by atoms with Crippen LogP contribution < -0.4 is 10.9 Å². The number of hydrogen-bond donors (Lipinski definition) is 2. The topological polar surface area (TPSA) is 140 Å². The number of hydrogen-bond acceptors (Lipinski definition) is 7. The highest BCUT2D eigenvalue weighted by molar-refractivity contribution is 7.90. The van der Waals surface area contributed by atoms with E-state index in [9.17, 15) is 22.8 Å². The van der Waals surface area contributed by atoms with Gasteiger partial charge < -0.3 is 4.74 Å². The Bertz CT molecular complexity index is 1820. The van der Waals surface area contributed by atoms with Crippen molar-refractivity contribution in [1.29, 1.82) is 0 Å². The SMILES string of the molecule is COC(=O)c1ccc(C#Cc2cc3c(=O)[nH]c(NC(=O)C(C)(C)C)nc3n2S(=O)(=O)c2ccc(C)cc2)cc1. The van der Waals surface area contributed by atoms with E-state index < -0.39 is 32.9 Å². The molecule has 0 fully saturated rings. The van der Waals surface area contributed by atoms with E-state index in [4.69, 9.17) is 4.74 Å². The van der Waals surface area contributed by atoms with Gasteiger partial charge in [-0.15, -0.1) is 0 Å². The minimum atomic E-state index is -4.26. The van der Waals surface area contributed by atoms with Crippen molar-refractivity contribution in [3.8, 4) is 11.8 Å². The summed E-state index contributed by atoms with van der Waals surface area (Å²) < 4.78 is 33.2. The summed E-state index contributed by atoms with van der Waals surface area (Å²) in [5, 5.41) is 2.52. The Balaban J connectivity index is 1.92. The van der Waals surface area contributed by atoms with Crippen molar-refractivity contribution in [3.63, 3.8) is 0 Å². The number of aromatic amines is 1. The van der Waals surface area contributed by atoms with Gasteiger partial charge in [-0.25, -0.2) is 17.2 Å². The third-order valence-corrected chi connectivity index (χ3v) is 7.46. The van der Waals surface area contributed by atoms with E-state index in [0.29, 0.717) is 11.1 Å². The average Bonchev–Trinajstić information content (AvgIpc) is 3.26. The number of ether oxygens (including phenoxy) is 1. The molecule has 2 N–H and O–H groups in total. The van der Waals surface area contributed by atoms with Crippen LogP contribution in [0.4, 0.5) is 5.95 Å². The highest BCUT2D eigenvalue weighted by Crippen LogP contribution is 2.24. The summed E-state index contributed by atoms with van der Waals surface area (Å²) in [6, 6.07) is 13.8. The van der Waals surface area contributed by atoms with Crippen LogP contribution in [0.5, 0.6) is 0 Å². The van der Waals surface area contributed by atoms with Gasteiger partial charge in [0.25, 0.3) is 15.6 Å². The number of benzene rings is 2. The molecule has 4 aromatic rings. The van der Waals surface area contributed by atoms with Crippen molar-refractivity contribution in [2.45, 2.75) is 32.6 Å². The summed E-state index contributed by atoms with van der Waals surface area (Å²) in [5.74, 6) is 4.58. The van der Waals surface area contributed by atoms with Crippen LogP contribution in [0.25, 0.3) is 11.0 Å². The number of fused-ring (bicyclic) bond motifs is 1. The van der Waals surface area contributed by atoms with Crippen LogP contribution in [0.3, 0.4) is 0 Å². The molecule has 0 radical (unpaired) electrons. The monoisotopic (exact) mass is 546 g/mol. The zero-order valence-electron chi connectivity index (χ0n) is 21.9. The minimum absolute atomic E-state index is 0.0140. The summed E-state index contributed by atoms with van der Waals surface area (Å²) in [5.41, 5.74) is 0.0560. The van der Waals surface area contributed by atoms with Gasteiger partial charge in [-0.1, -0.05) is 44.4 Å². The molecule has 1 amide bonds. The standard InChI is InChI=1S/C28H26N4O6S/c1-17-6-14-21(15-7-17)39(36,37)32-20(13-10-18-8-11-19(12-9-18)25(34)38-5)16-22-23(32)29-27(30-24(22)33)31-26(35)28(2,3)4/h6-9,11-12,14-16H,1-5H3,(H2,29,30,31,33,35). The predicted molar refractivity (Wildman–Crippen MR) is 146 cm³/mol. The Kier molecular flexibility index (Phi) is 7.17. The zero-order chi connectivity index (χ0) is 28.5. The first-order valence-electron chi connectivity index (χ1n) is 11.8. The molecule has 4 rings (SSSR count). The second-order valence-electron chi connectivity index (χ2n) is 9.79. The number of carbonyl (C=O) groups is 2. The highest BCUT2D eigenvalue weighted by atomic mass is 32.2. The molecule has 0 atom stereocenters. The molecule has 39 heavy (non-hydrogen) atoms. The number of carbonyl (C=O) groups excluding carboxylic acids is 2. The first kappa shape index (κ1) is 27.3. The molecule has 0 aliphatic heterocycles. The van der Waals surface area contributed by atoms with Crippen LogP contribution in [0.15, 0.2) is 64.3 Å². The maximum atomic E-state index is 13.8. The molecule has 0 aliphatic rings. The molecule has 200 valence electrons. The molecule has 2 aromatic carbocycles. The van der Waals surface area contributed by atoms with Crippen molar-refractivity contribution >= 4 is 38.9 Å². The van der Waals surface area contributed by atoms with Gasteiger partial charge in [0.05, 0.1) is 23.0 Å². The number of rotatable bonds is 4. The quantitative estimate of drug-likeness (QED) is 0.295. The zero-order valence-corrected chi connectivity index (χ0v) is 22.8. The van der Waals surface area contributed by atoms with Crippen LogP contribution in [-0.4, -0.2) is 41.3 Å². The van der Waals surface area contributed by atoms with Crippen LogP contribution in [-0.2, 0) is 19.6 Å². The normalized spacial score (nSPS) is 11.5. The van der Waals surface area contributed by atoms with E-state index in [0.717, 1.165) is 9.54 Å². The maximum Gasteiger partial charge on any atom is 0.337 e. The fraction of sp³-hybridized carbons (Fsp3) is 0.214. The number of anilines is 1. The molecule has 0 aliphatic carbocycles. The molecule has 0 bridgehead atoms. The van der Waals surface area contributed by atoms with Gasteiger partial charge in [0.15, 0.2) is 5.65 Å². The van der Waals surface area contributed by atoms with Crippen LogP contribution in [0.2, 0.25) is 0 Å². The number of aryl methyl sites for hydroxylation is 1. The van der Waals surface area contributed by atoms with Crippen LogP contribution >= 0.6 is 0 Å². The Labute approximate surface area is 225 Å². The minimum Gasteiger partial charge on any atom is -0.465 e. The summed E-state index contributed by atoms with van der Waals surface area (Å²) >= 11 is 0. The highest BCUT2D eigenvalue weighted by Gasteiger charge is 2.27. The fourth-order valence-electron chi connectivity index (χ4n) is 3.51. The molecule has 0 spiro atoms. The van der Waals surface area contributed by atoms with Gasteiger partial charge in [0.1, 0.15) is 5.69 Å². The Morgan fingerprint density at radius 3 is 2.26 bits per heavy atom. The Morgan fingerprint density at radius 1 is 1.03 bits per heavy atom. The van der Waals surface area contributed by atoms with Crippen LogP contribution in [0, 0.1) is 24.2 Å². The van der Waals surface area contributed by atoms with Crippen LogP contribution in [0.1, 0.15) is 48.0 Å². The van der Waals surface area contributed by atoms with Crippen molar-refractivity contribution < 1.29 is 22.7 Å². The number of nitrogens with zero attached hydrogens (tertiary/aromatic N) is 2. The molecule has 10 nitrogen and oxygen atoms in total. The molecule has 2 aromatic heterocycles. The summed E-state index contributed by atoms with van der Waals surface area (Å²) in [6.45, 7) is 6.90. The summed E-state index contributed by atoms with van der Waals surface area (Å²) in [7, 11) is -2.98. The van der Waals surface area contributed by atoms with Gasteiger partial charge in [-0.2, -0.15) is 4.98 Å². The number of esters is 1. The lowest BCUT2D eigenvalue weighted by molar-refractivity contribution is -0.123. The van der Waals surface area contributed by atoms with E-state index in [2.05, 4.69) is 27.1 Å². The third-order valence-electron chi connectivity index (χ3n) is 5.74. The fourth-order valence-corrected chi connectivity index (χ4v) is 4.92.